The summed E-state index contributed by atoms with van der Waals surface area (Å²) in [4.78, 5) is 8.84. The van der Waals surface area contributed by atoms with E-state index in [4.69, 9.17) is 21.9 Å². The minimum atomic E-state index is 0.338. The first-order valence-electron chi connectivity index (χ1n) is 7.88. The molecule has 1 aromatic carbocycles. The molecule has 3 aromatic rings. The Kier molecular flexibility index (Phi) is 6.23. The van der Waals surface area contributed by atoms with Crippen molar-refractivity contribution < 1.29 is 4.74 Å². The quantitative estimate of drug-likeness (QED) is 0.565. The Balaban J connectivity index is 1.64. The minimum absolute atomic E-state index is 0.338. The van der Waals surface area contributed by atoms with Crippen molar-refractivity contribution in [2.45, 2.75) is 31.6 Å². The van der Waals surface area contributed by atoms with E-state index in [-0.39, 0.29) is 0 Å². The summed E-state index contributed by atoms with van der Waals surface area (Å²) in [5.41, 5.74) is 1.08. The highest BCUT2D eigenvalue weighted by molar-refractivity contribution is 8.23. The van der Waals surface area contributed by atoms with Gasteiger partial charge in [-0.1, -0.05) is 23.9 Å². The van der Waals surface area contributed by atoms with Crippen molar-refractivity contribution >= 4 is 49.9 Å². The Hall–Kier alpha value is -1.44. The number of hydrogen-bond donors (Lipinski definition) is 0. The molecule has 4 nitrogen and oxygen atoms in total. The van der Waals surface area contributed by atoms with Crippen LogP contribution in [0.15, 0.2) is 43.0 Å². The number of aromatic nitrogens is 3. The number of imidazole rings is 1. The van der Waals surface area contributed by atoms with Crippen molar-refractivity contribution in [3.63, 3.8) is 0 Å². The van der Waals surface area contributed by atoms with Crippen LogP contribution in [0.25, 0.3) is 10.2 Å². The molecule has 0 spiro atoms. The van der Waals surface area contributed by atoms with E-state index in [9.17, 15) is 0 Å². The molecular formula is C17H19N3OS3. The van der Waals surface area contributed by atoms with Gasteiger partial charge < -0.3 is 9.30 Å². The number of rotatable bonds is 7. The van der Waals surface area contributed by atoms with E-state index in [1.807, 2.05) is 25.5 Å². The fraction of sp³-hybridized carbons (Fsp3) is 0.353. The lowest BCUT2D eigenvalue weighted by Gasteiger charge is -2.16. The number of ether oxygens (including phenoxy) is 1. The topological polar surface area (TPSA) is 39.9 Å². The molecule has 24 heavy (non-hydrogen) atoms. The van der Waals surface area contributed by atoms with Crippen molar-refractivity contribution in [1.82, 2.24) is 14.5 Å². The van der Waals surface area contributed by atoms with E-state index >= 15 is 0 Å². The van der Waals surface area contributed by atoms with Gasteiger partial charge in [0.2, 0.25) is 4.38 Å². The zero-order valence-corrected chi connectivity index (χ0v) is 15.9. The van der Waals surface area contributed by atoms with Crippen LogP contribution in [0.4, 0.5) is 0 Å². The highest BCUT2D eigenvalue weighted by Gasteiger charge is 2.15. The van der Waals surface area contributed by atoms with Gasteiger partial charge in [-0.15, -0.1) is 11.3 Å². The second-order valence-corrected chi connectivity index (χ2v) is 8.31. The van der Waals surface area contributed by atoms with Gasteiger partial charge in [-0.25, -0.2) is 9.97 Å². The molecule has 126 valence electrons. The maximum atomic E-state index is 5.45. The Bertz CT molecular complexity index is 752. The van der Waals surface area contributed by atoms with Gasteiger partial charge in [-0.3, -0.25) is 0 Å². The van der Waals surface area contributed by atoms with E-state index in [2.05, 4.69) is 27.8 Å². The summed E-state index contributed by atoms with van der Waals surface area (Å²) in [6, 6.07) is 8.28. The molecule has 0 aliphatic carbocycles. The van der Waals surface area contributed by atoms with Crippen LogP contribution < -0.4 is 0 Å². The standard InChI is InChI=1S/C17H19N3OS3/c1-2-21-17(22)23-13(11-20-10-9-18-12-20)7-8-16-19-14-5-3-4-6-15(14)24-16/h3-6,9-10,12-13H,2,7-8,11H2,1H3. The predicted molar refractivity (Wildman–Crippen MR) is 106 cm³/mol. The second-order valence-electron chi connectivity index (χ2n) is 5.30. The smallest absolute Gasteiger partial charge is 0.220 e. The molecule has 0 fully saturated rings. The van der Waals surface area contributed by atoms with Gasteiger partial charge in [0.25, 0.3) is 0 Å². The van der Waals surface area contributed by atoms with E-state index in [0.717, 1.165) is 24.9 Å². The van der Waals surface area contributed by atoms with Gasteiger partial charge in [0.15, 0.2) is 0 Å². The molecule has 0 saturated heterocycles. The number of aryl methyl sites for hydroxylation is 1. The molecule has 0 amide bonds. The summed E-state index contributed by atoms with van der Waals surface area (Å²) in [5.74, 6) is 0. The van der Waals surface area contributed by atoms with Gasteiger partial charge in [-0.2, -0.15) is 0 Å². The van der Waals surface area contributed by atoms with Crippen LogP contribution in [0.2, 0.25) is 0 Å². The second kappa shape index (κ2) is 8.60. The first-order chi connectivity index (χ1) is 11.7. The summed E-state index contributed by atoms with van der Waals surface area (Å²) in [7, 11) is 0. The maximum absolute atomic E-state index is 5.45. The third kappa shape index (κ3) is 4.78. The summed E-state index contributed by atoms with van der Waals surface area (Å²) >= 11 is 8.72. The van der Waals surface area contributed by atoms with Gasteiger partial charge in [0.1, 0.15) is 0 Å². The van der Waals surface area contributed by atoms with Gasteiger partial charge >= 0.3 is 0 Å². The Labute approximate surface area is 155 Å². The SMILES string of the molecule is CCOC(=S)SC(CCc1nc2ccccc2s1)Cn1ccnc1. The Morgan fingerprint density at radius 3 is 3.04 bits per heavy atom. The van der Waals surface area contributed by atoms with Crippen LogP contribution in [0, 0.1) is 0 Å². The number of fused-ring (bicyclic) bond motifs is 1. The zero-order chi connectivity index (χ0) is 16.8. The molecule has 0 aliphatic heterocycles. The molecule has 2 heterocycles. The van der Waals surface area contributed by atoms with Crippen LogP contribution in [0.3, 0.4) is 0 Å². The number of hydrogen-bond acceptors (Lipinski definition) is 6. The van der Waals surface area contributed by atoms with Crippen molar-refractivity contribution in [3.8, 4) is 0 Å². The first-order valence-corrected chi connectivity index (χ1v) is 9.98. The molecule has 0 radical (unpaired) electrons. The molecule has 0 bridgehead atoms. The largest absolute Gasteiger partial charge is 0.479 e. The fourth-order valence-corrected chi connectivity index (χ4v) is 4.87. The molecule has 1 unspecified atom stereocenters. The van der Waals surface area contributed by atoms with Crippen molar-refractivity contribution in [3.05, 3.63) is 48.0 Å². The number of nitrogens with zero attached hydrogens (tertiary/aromatic N) is 3. The lowest BCUT2D eigenvalue weighted by molar-refractivity contribution is 0.346. The Morgan fingerprint density at radius 1 is 1.42 bits per heavy atom. The molecule has 0 aliphatic rings. The molecule has 7 heteroatoms. The van der Waals surface area contributed by atoms with Crippen molar-refractivity contribution in [2.24, 2.45) is 0 Å². The highest BCUT2D eigenvalue weighted by atomic mass is 32.2. The van der Waals surface area contributed by atoms with Crippen LogP contribution in [-0.2, 0) is 17.7 Å². The number of thioether (sulfide) groups is 1. The maximum Gasteiger partial charge on any atom is 0.220 e. The van der Waals surface area contributed by atoms with Crippen LogP contribution in [-0.4, -0.2) is 30.8 Å². The summed E-state index contributed by atoms with van der Waals surface area (Å²) < 4.78 is 9.40. The van der Waals surface area contributed by atoms with Crippen LogP contribution in [0.1, 0.15) is 18.4 Å². The molecule has 3 rings (SSSR count). The van der Waals surface area contributed by atoms with Crippen LogP contribution in [0.5, 0.6) is 0 Å². The highest BCUT2D eigenvalue weighted by Crippen LogP contribution is 2.26. The average molecular weight is 378 g/mol. The molecule has 0 N–H and O–H groups in total. The lowest BCUT2D eigenvalue weighted by Crippen LogP contribution is -2.16. The number of benzene rings is 1. The fourth-order valence-electron chi connectivity index (χ4n) is 2.42. The van der Waals surface area contributed by atoms with Gasteiger partial charge in [0, 0.05) is 30.6 Å². The first kappa shape index (κ1) is 17.4. The zero-order valence-electron chi connectivity index (χ0n) is 13.4. The molecule has 0 saturated carbocycles. The molecule has 2 aromatic heterocycles. The van der Waals surface area contributed by atoms with E-state index in [1.54, 1.807) is 29.3 Å². The average Bonchev–Trinajstić information content (AvgIpc) is 3.21. The third-order valence-corrected chi connectivity index (χ3v) is 6.05. The lowest BCUT2D eigenvalue weighted by atomic mass is 10.2. The predicted octanol–water partition coefficient (Wildman–Crippen LogP) is 4.55. The van der Waals surface area contributed by atoms with E-state index in [1.165, 1.54) is 9.71 Å². The summed E-state index contributed by atoms with van der Waals surface area (Å²) in [6.45, 7) is 3.43. The van der Waals surface area contributed by atoms with Crippen molar-refractivity contribution in [2.75, 3.05) is 6.61 Å². The van der Waals surface area contributed by atoms with E-state index < -0.39 is 0 Å². The molecular weight excluding hydrogens is 358 g/mol. The summed E-state index contributed by atoms with van der Waals surface area (Å²) in [6.07, 6.45) is 7.57. The Morgan fingerprint density at radius 2 is 2.29 bits per heavy atom. The summed E-state index contributed by atoms with van der Waals surface area (Å²) in [5, 5.41) is 1.51. The van der Waals surface area contributed by atoms with Gasteiger partial charge in [-0.05, 0) is 37.7 Å². The minimum Gasteiger partial charge on any atom is -0.479 e. The van der Waals surface area contributed by atoms with Crippen LogP contribution >= 0.6 is 35.3 Å². The number of para-hydroxylation sites is 1. The molecule has 1 atom stereocenters. The van der Waals surface area contributed by atoms with Crippen molar-refractivity contribution in [1.29, 1.82) is 0 Å². The number of thiazole rings is 1. The normalized spacial score (nSPS) is 12.4. The number of thiocarbonyl (C=S) groups is 1. The van der Waals surface area contributed by atoms with Gasteiger partial charge in [0.05, 0.1) is 28.2 Å². The monoisotopic (exact) mass is 377 g/mol. The van der Waals surface area contributed by atoms with E-state index in [0.29, 0.717) is 16.2 Å². The third-order valence-electron chi connectivity index (χ3n) is 3.52.